The summed E-state index contributed by atoms with van der Waals surface area (Å²) in [5.41, 5.74) is 1.95. The predicted molar refractivity (Wildman–Crippen MR) is 67.8 cm³/mol. The molecular weight excluding hydrogens is 214 g/mol. The Labute approximate surface area is 101 Å². The average Bonchev–Trinajstić information content (AvgIpc) is 2.41. The number of methoxy groups -OCH3 is 1. The first-order valence-electron chi connectivity index (χ1n) is 5.50. The van der Waals surface area contributed by atoms with Crippen molar-refractivity contribution < 1.29 is 4.74 Å². The maximum Gasteiger partial charge on any atom is 0.144 e. The lowest BCUT2D eigenvalue weighted by Gasteiger charge is -2.05. The second-order valence-electron chi connectivity index (χ2n) is 3.57. The summed E-state index contributed by atoms with van der Waals surface area (Å²) >= 11 is 0. The second kappa shape index (κ2) is 5.96. The van der Waals surface area contributed by atoms with Crippen LogP contribution in [0.2, 0.25) is 0 Å². The van der Waals surface area contributed by atoms with Crippen molar-refractivity contribution in [3.8, 4) is 11.3 Å². The summed E-state index contributed by atoms with van der Waals surface area (Å²) in [6, 6.07) is 9.99. The zero-order valence-corrected chi connectivity index (χ0v) is 9.76. The first kappa shape index (κ1) is 11.5. The van der Waals surface area contributed by atoms with Crippen LogP contribution < -0.4 is 5.32 Å². The van der Waals surface area contributed by atoms with Crippen LogP contribution in [0.1, 0.15) is 0 Å². The molecule has 17 heavy (non-hydrogen) atoms. The lowest BCUT2D eigenvalue weighted by atomic mass is 10.2. The highest BCUT2D eigenvalue weighted by Gasteiger charge is 1.99. The second-order valence-corrected chi connectivity index (χ2v) is 3.57. The SMILES string of the molecule is COCCNc1cnc(-c2ccccc2)cn1. The van der Waals surface area contributed by atoms with E-state index in [1.807, 2.05) is 30.3 Å². The highest BCUT2D eigenvalue weighted by Crippen LogP contribution is 2.15. The van der Waals surface area contributed by atoms with Crippen LogP contribution in [0.25, 0.3) is 11.3 Å². The van der Waals surface area contributed by atoms with E-state index in [1.54, 1.807) is 19.5 Å². The molecule has 0 atom stereocenters. The highest BCUT2D eigenvalue weighted by molar-refractivity contribution is 5.58. The Hall–Kier alpha value is -1.94. The van der Waals surface area contributed by atoms with Gasteiger partial charge in [0.05, 0.1) is 24.7 Å². The van der Waals surface area contributed by atoms with E-state index in [2.05, 4.69) is 15.3 Å². The number of aromatic nitrogens is 2. The van der Waals surface area contributed by atoms with Crippen molar-refractivity contribution in [2.45, 2.75) is 0 Å². The maximum atomic E-state index is 4.95. The Balaban J connectivity index is 2.03. The molecule has 1 heterocycles. The third-order valence-electron chi connectivity index (χ3n) is 2.33. The molecule has 1 aromatic carbocycles. The molecule has 2 aromatic rings. The molecule has 0 amide bonds. The topological polar surface area (TPSA) is 47.0 Å². The summed E-state index contributed by atoms with van der Waals surface area (Å²) in [6.07, 6.45) is 3.50. The molecule has 1 aromatic heterocycles. The van der Waals surface area contributed by atoms with Gasteiger partial charge in [0.25, 0.3) is 0 Å². The zero-order chi connectivity index (χ0) is 11.9. The molecule has 0 saturated carbocycles. The molecular formula is C13H15N3O. The van der Waals surface area contributed by atoms with E-state index in [-0.39, 0.29) is 0 Å². The van der Waals surface area contributed by atoms with E-state index in [0.717, 1.165) is 23.6 Å². The van der Waals surface area contributed by atoms with Gasteiger partial charge in [0.2, 0.25) is 0 Å². The molecule has 0 saturated heterocycles. The number of nitrogens with one attached hydrogen (secondary N) is 1. The van der Waals surface area contributed by atoms with Gasteiger partial charge in [0, 0.05) is 19.2 Å². The molecule has 88 valence electrons. The summed E-state index contributed by atoms with van der Waals surface area (Å²) in [4.78, 5) is 8.66. The van der Waals surface area contributed by atoms with Crippen LogP contribution >= 0.6 is 0 Å². The van der Waals surface area contributed by atoms with Crippen LogP contribution in [0.4, 0.5) is 5.82 Å². The highest BCUT2D eigenvalue weighted by atomic mass is 16.5. The number of anilines is 1. The Morgan fingerprint density at radius 3 is 2.59 bits per heavy atom. The maximum absolute atomic E-state index is 4.95. The number of benzene rings is 1. The summed E-state index contributed by atoms with van der Waals surface area (Å²) in [6.45, 7) is 1.39. The van der Waals surface area contributed by atoms with Crippen LogP contribution in [0.3, 0.4) is 0 Å². The molecule has 0 fully saturated rings. The van der Waals surface area contributed by atoms with Gasteiger partial charge in [-0.25, -0.2) is 4.98 Å². The Kier molecular flexibility index (Phi) is 4.05. The van der Waals surface area contributed by atoms with E-state index in [0.29, 0.717) is 6.61 Å². The van der Waals surface area contributed by atoms with Crippen molar-refractivity contribution >= 4 is 5.82 Å². The van der Waals surface area contributed by atoms with Gasteiger partial charge in [-0.2, -0.15) is 0 Å². The van der Waals surface area contributed by atoms with Gasteiger partial charge < -0.3 is 10.1 Å². The van der Waals surface area contributed by atoms with Crippen molar-refractivity contribution in [1.82, 2.24) is 9.97 Å². The lowest BCUT2D eigenvalue weighted by molar-refractivity contribution is 0.210. The Morgan fingerprint density at radius 2 is 1.94 bits per heavy atom. The van der Waals surface area contributed by atoms with Crippen LogP contribution in [-0.2, 0) is 4.74 Å². The third-order valence-corrected chi connectivity index (χ3v) is 2.33. The van der Waals surface area contributed by atoms with Crippen molar-refractivity contribution in [3.63, 3.8) is 0 Å². The number of nitrogens with zero attached hydrogens (tertiary/aromatic N) is 2. The van der Waals surface area contributed by atoms with Gasteiger partial charge >= 0.3 is 0 Å². The fourth-order valence-electron chi connectivity index (χ4n) is 1.46. The number of hydrogen-bond donors (Lipinski definition) is 1. The van der Waals surface area contributed by atoms with Crippen LogP contribution in [0.5, 0.6) is 0 Å². The van der Waals surface area contributed by atoms with E-state index < -0.39 is 0 Å². The quantitative estimate of drug-likeness (QED) is 0.798. The Morgan fingerprint density at radius 1 is 1.12 bits per heavy atom. The summed E-state index contributed by atoms with van der Waals surface area (Å²) < 4.78 is 4.95. The van der Waals surface area contributed by atoms with Crippen LogP contribution in [-0.4, -0.2) is 30.2 Å². The number of rotatable bonds is 5. The van der Waals surface area contributed by atoms with Gasteiger partial charge in [-0.1, -0.05) is 30.3 Å². The van der Waals surface area contributed by atoms with Gasteiger partial charge in [0.1, 0.15) is 5.82 Å². The average molecular weight is 229 g/mol. The monoisotopic (exact) mass is 229 g/mol. The normalized spacial score (nSPS) is 10.2. The van der Waals surface area contributed by atoms with Crippen molar-refractivity contribution in [3.05, 3.63) is 42.7 Å². The van der Waals surface area contributed by atoms with Gasteiger partial charge in [-0.3, -0.25) is 4.98 Å². The van der Waals surface area contributed by atoms with Crippen LogP contribution in [0.15, 0.2) is 42.7 Å². The standard InChI is InChI=1S/C13H15N3O/c1-17-8-7-14-13-10-15-12(9-16-13)11-5-3-2-4-6-11/h2-6,9-10H,7-8H2,1H3,(H,14,16). The molecule has 2 rings (SSSR count). The minimum Gasteiger partial charge on any atom is -0.383 e. The molecule has 0 unspecified atom stereocenters. The van der Waals surface area contributed by atoms with Crippen molar-refractivity contribution in [1.29, 1.82) is 0 Å². The van der Waals surface area contributed by atoms with Crippen molar-refractivity contribution in [2.24, 2.45) is 0 Å². The Bertz CT molecular complexity index is 442. The molecule has 0 aliphatic carbocycles. The lowest BCUT2D eigenvalue weighted by Crippen LogP contribution is -2.08. The molecule has 0 aliphatic heterocycles. The molecule has 0 aliphatic rings. The first-order chi connectivity index (χ1) is 8.40. The largest absolute Gasteiger partial charge is 0.383 e. The first-order valence-corrected chi connectivity index (χ1v) is 5.50. The molecule has 0 bridgehead atoms. The summed E-state index contributed by atoms with van der Waals surface area (Å²) in [5, 5.41) is 3.13. The predicted octanol–water partition coefficient (Wildman–Crippen LogP) is 2.20. The number of ether oxygens (including phenoxy) is 1. The van der Waals surface area contributed by atoms with Gasteiger partial charge in [-0.15, -0.1) is 0 Å². The minimum atomic E-state index is 0.655. The molecule has 0 radical (unpaired) electrons. The van der Waals surface area contributed by atoms with E-state index >= 15 is 0 Å². The molecule has 0 spiro atoms. The van der Waals surface area contributed by atoms with Crippen LogP contribution in [0, 0.1) is 0 Å². The molecule has 1 N–H and O–H groups in total. The van der Waals surface area contributed by atoms with E-state index in [9.17, 15) is 0 Å². The zero-order valence-electron chi connectivity index (χ0n) is 9.76. The molecule has 4 heteroatoms. The van der Waals surface area contributed by atoms with E-state index in [1.165, 1.54) is 0 Å². The fraction of sp³-hybridized carbons (Fsp3) is 0.231. The minimum absolute atomic E-state index is 0.655. The smallest absolute Gasteiger partial charge is 0.144 e. The van der Waals surface area contributed by atoms with Gasteiger partial charge in [-0.05, 0) is 0 Å². The van der Waals surface area contributed by atoms with Crippen molar-refractivity contribution in [2.75, 3.05) is 25.6 Å². The summed E-state index contributed by atoms with van der Waals surface area (Å²) in [5.74, 6) is 0.765. The number of hydrogen-bond acceptors (Lipinski definition) is 4. The summed E-state index contributed by atoms with van der Waals surface area (Å²) in [7, 11) is 1.67. The fourth-order valence-corrected chi connectivity index (χ4v) is 1.46. The third kappa shape index (κ3) is 3.26. The van der Waals surface area contributed by atoms with E-state index in [4.69, 9.17) is 4.74 Å². The van der Waals surface area contributed by atoms with Gasteiger partial charge in [0.15, 0.2) is 0 Å². The molecule has 4 nitrogen and oxygen atoms in total.